The van der Waals surface area contributed by atoms with Gasteiger partial charge in [0.2, 0.25) is 0 Å². The summed E-state index contributed by atoms with van der Waals surface area (Å²) in [5, 5.41) is 0. The molecule has 0 radical (unpaired) electrons. The molecular weight excluding hydrogens is 266 g/mol. The van der Waals surface area contributed by atoms with Gasteiger partial charge in [0.05, 0.1) is 11.6 Å². The van der Waals surface area contributed by atoms with Gasteiger partial charge in [-0.15, -0.1) is 0 Å². The molecule has 2 N–H and O–H groups in total. The van der Waals surface area contributed by atoms with Crippen LogP contribution in [0.25, 0.3) is 0 Å². The number of methoxy groups -OCH3 is 1. The molecule has 0 amide bonds. The molecule has 0 atom stereocenters. The highest BCUT2D eigenvalue weighted by molar-refractivity contribution is 9.10. The highest BCUT2D eigenvalue weighted by atomic mass is 79.9. The summed E-state index contributed by atoms with van der Waals surface area (Å²) in [5.74, 6) is 1.31. The second-order valence-electron chi connectivity index (χ2n) is 4.96. The fraction of sp³-hybridized carbons (Fsp3) is 0.538. The van der Waals surface area contributed by atoms with Crippen LogP contribution in [0.5, 0.6) is 5.75 Å². The average Bonchev–Trinajstić information content (AvgIpc) is 2.14. The molecule has 0 bridgehead atoms. The number of nitrogens with two attached hydrogens (primary N) is 1. The Balaban J connectivity index is 3.43. The van der Waals surface area contributed by atoms with Crippen LogP contribution in [0.2, 0.25) is 0 Å². The lowest BCUT2D eigenvalue weighted by atomic mass is 9.90. The highest BCUT2D eigenvalue weighted by Gasteiger charge is 2.22. The maximum absolute atomic E-state index is 6.17. The third-order valence-corrected chi connectivity index (χ3v) is 3.22. The molecular formula is C13H20BrNO. The summed E-state index contributed by atoms with van der Waals surface area (Å²) in [4.78, 5) is 0. The Morgan fingerprint density at radius 1 is 1.31 bits per heavy atom. The van der Waals surface area contributed by atoms with E-state index in [0.29, 0.717) is 5.92 Å². The lowest BCUT2D eigenvalue weighted by molar-refractivity contribution is 0.391. The van der Waals surface area contributed by atoms with E-state index in [9.17, 15) is 0 Å². The molecule has 0 spiro atoms. The van der Waals surface area contributed by atoms with E-state index in [4.69, 9.17) is 10.5 Å². The molecule has 0 unspecified atom stereocenters. The van der Waals surface area contributed by atoms with Crippen molar-refractivity contribution in [2.24, 2.45) is 5.73 Å². The minimum absolute atomic E-state index is 0.404. The van der Waals surface area contributed by atoms with Gasteiger partial charge in [-0.2, -0.15) is 0 Å². The molecule has 3 heteroatoms. The number of hydrogen-bond acceptors (Lipinski definition) is 2. The predicted molar refractivity (Wildman–Crippen MR) is 72.0 cm³/mol. The minimum Gasteiger partial charge on any atom is -0.495 e. The van der Waals surface area contributed by atoms with Gasteiger partial charge < -0.3 is 10.5 Å². The molecule has 16 heavy (non-hydrogen) atoms. The van der Waals surface area contributed by atoms with Crippen LogP contribution in [-0.4, -0.2) is 7.11 Å². The van der Waals surface area contributed by atoms with Crippen LogP contribution in [0.4, 0.5) is 0 Å². The summed E-state index contributed by atoms with van der Waals surface area (Å²) in [5.41, 5.74) is 8.07. The van der Waals surface area contributed by atoms with Gasteiger partial charge in [0.1, 0.15) is 5.75 Å². The van der Waals surface area contributed by atoms with E-state index in [2.05, 4.69) is 41.9 Å². The van der Waals surface area contributed by atoms with Gasteiger partial charge in [-0.3, -0.25) is 0 Å². The summed E-state index contributed by atoms with van der Waals surface area (Å²) in [6.45, 7) is 8.31. The Kier molecular flexibility index (Phi) is 4.02. The van der Waals surface area contributed by atoms with Gasteiger partial charge in [-0.1, -0.05) is 13.8 Å². The maximum Gasteiger partial charge on any atom is 0.138 e. The van der Waals surface area contributed by atoms with Crippen LogP contribution in [-0.2, 0) is 5.54 Å². The smallest absolute Gasteiger partial charge is 0.138 e. The molecule has 0 aliphatic heterocycles. The first kappa shape index (κ1) is 13.5. The topological polar surface area (TPSA) is 35.2 Å². The molecule has 0 saturated heterocycles. The highest BCUT2D eigenvalue weighted by Crippen LogP contribution is 2.37. The summed E-state index contributed by atoms with van der Waals surface area (Å²) >= 11 is 3.54. The van der Waals surface area contributed by atoms with Gasteiger partial charge in [0.15, 0.2) is 0 Å². The first-order chi connectivity index (χ1) is 7.27. The molecule has 90 valence electrons. The number of rotatable bonds is 3. The van der Waals surface area contributed by atoms with Crippen molar-refractivity contribution < 1.29 is 4.74 Å². The average molecular weight is 286 g/mol. The van der Waals surface area contributed by atoms with Crippen LogP contribution < -0.4 is 10.5 Å². The Morgan fingerprint density at radius 3 is 2.25 bits per heavy atom. The van der Waals surface area contributed by atoms with Crippen molar-refractivity contribution >= 4 is 15.9 Å². The van der Waals surface area contributed by atoms with Crippen molar-refractivity contribution in [1.29, 1.82) is 0 Å². The summed E-state index contributed by atoms with van der Waals surface area (Å²) in [6, 6.07) is 4.23. The quantitative estimate of drug-likeness (QED) is 0.917. The third-order valence-electron chi connectivity index (χ3n) is 2.63. The fourth-order valence-corrected chi connectivity index (χ4v) is 2.27. The van der Waals surface area contributed by atoms with Crippen molar-refractivity contribution in [2.45, 2.75) is 39.2 Å². The zero-order chi connectivity index (χ0) is 12.5. The van der Waals surface area contributed by atoms with E-state index in [1.165, 1.54) is 5.56 Å². The van der Waals surface area contributed by atoms with Crippen molar-refractivity contribution in [3.8, 4) is 5.75 Å². The Hall–Kier alpha value is -0.540. The molecule has 0 fully saturated rings. The predicted octanol–water partition coefficient (Wildman–Crippen LogP) is 3.77. The second-order valence-corrected chi connectivity index (χ2v) is 5.81. The van der Waals surface area contributed by atoms with Gasteiger partial charge >= 0.3 is 0 Å². The fourth-order valence-electron chi connectivity index (χ4n) is 1.63. The Labute approximate surface area is 106 Å². The van der Waals surface area contributed by atoms with Crippen molar-refractivity contribution in [1.82, 2.24) is 0 Å². The van der Waals surface area contributed by atoms with Crippen molar-refractivity contribution in [3.63, 3.8) is 0 Å². The van der Waals surface area contributed by atoms with Crippen LogP contribution in [0, 0.1) is 0 Å². The summed E-state index contributed by atoms with van der Waals surface area (Å²) < 4.78 is 6.38. The maximum atomic E-state index is 6.17. The van der Waals surface area contributed by atoms with E-state index in [0.717, 1.165) is 15.8 Å². The lowest BCUT2D eigenvalue weighted by Gasteiger charge is -2.24. The van der Waals surface area contributed by atoms with E-state index in [-0.39, 0.29) is 0 Å². The number of halogens is 1. The van der Waals surface area contributed by atoms with Crippen molar-refractivity contribution in [2.75, 3.05) is 7.11 Å². The third kappa shape index (κ3) is 2.77. The SMILES string of the molecule is COc1c(Br)cc(C(C)C)cc1C(C)(C)N. The van der Waals surface area contributed by atoms with E-state index < -0.39 is 5.54 Å². The minimum atomic E-state index is -0.404. The standard InChI is InChI=1S/C13H20BrNO/c1-8(2)9-6-10(13(3,4)15)12(16-5)11(14)7-9/h6-8H,15H2,1-5H3. The number of ether oxygens (including phenoxy) is 1. The summed E-state index contributed by atoms with van der Waals surface area (Å²) in [6.07, 6.45) is 0. The molecule has 0 aliphatic carbocycles. The van der Waals surface area contributed by atoms with Crippen LogP contribution in [0.1, 0.15) is 44.7 Å². The molecule has 2 nitrogen and oxygen atoms in total. The largest absolute Gasteiger partial charge is 0.495 e. The monoisotopic (exact) mass is 285 g/mol. The normalized spacial score (nSPS) is 12.0. The molecule has 0 heterocycles. The van der Waals surface area contributed by atoms with Crippen molar-refractivity contribution in [3.05, 3.63) is 27.7 Å². The molecule has 1 rings (SSSR count). The number of benzene rings is 1. The van der Waals surface area contributed by atoms with E-state index in [1.54, 1.807) is 7.11 Å². The molecule has 0 aromatic heterocycles. The van der Waals surface area contributed by atoms with Gasteiger partial charge in [-0.05, 0) is 53.4 Å². The second kappa shape index (κ2) is 4.76. The zero-order valence-corrected chi connectivity index (χ0v) is 12.2. The first-order valence-corrected chi connectivity index (χ1v) is 6.23. The molecule has 1 aromatic rings. The Bertz CT molecular complexity index is 380. The van der Waals surface area contributed by atoms with Gasteiger partial charge in [0, 0.05) is 11.1 Å². The van der Waals surface area contributed by atoms with Crippen LogP contribution in [0.15, 0.2) is 16.6 Å². The lowest BCUT2D eigenvalue weighted by Crippen LogP contribution is -2.29. The summed E-state index contributed by atoms with van der Waals surface area (Å²) in [7, 11) is 1.67. The van der Waals surface area contributed by atoms with E-state index in [1.807, 2.05) is 13.8 Å². The molecule has 0 saturated carbocycles. The molecule has 1 aromatic carbocycles. The first-order valence-electron chi connectivity index (χ1n) is 5.44. The number of hydrogen-bond donors (Lipinski definition) is 1. The zero-order valence-electron chi connectivity index (χ0n) is 10.6. The van der Waals surface area contributed by atoms with Crippen LogP contribution >= 0.6 is 15.9 Å². The molecule has 0 aliphatic rings. The van der Waals surface area contributed by atoms with Crippen LogP contribution in [0.3, 0.4) is 0 Å². The van der Waals surface area contributed by atoms with E-state index >= 15 is 0 Å². The van der Waals surface area contributed by atoms with Gasteiger partial charge in [-0.25, -0.2) is 0 Å². The Morgan fingerprint density at radius 2 is 1.88 bits per heavy atom. The van der Waals surface area contributed by atoms with Gasteiger partial charge in [0.25, 0.3) is 0 Å².